The smallest absolute Gasteiger partial charge is 0.321 e. The minimum Gasteiger partial charge on any atom is -0.321 e. The van der Waals surface area contributed by atoms with Crippen LogP contribution in [-0.2, 0) is 6.18 Å². The molecule has 1 heterocycles. The fourth-order valence-corrected chi connectivity index (χ4v) is 2.19. The summed E-state index contributed by atoms with van der Waals surface area (Å²) >= 11 is 0. The van der Waals surface area contributed by atoms with Crippen molar-refractivity contribution in [3.8, 4) is 11.4 Å². The van der Waals surface area contributed by atoms with E-state index in [0.717, 1.165) is 4.57 Å². The van der Waals surface area contributed by atoms with E-state index in [-0.39, 0.29) is 11.4 Å². The number of carbonyl (C=O) groups is 1. The van der Waals surface area contributed by atoms with Gasteiger partial charge in [-0.05, 0) is 0 Å². The van der Waals surface area contributed by atoms with Gasteiger partial charge in [0.15, 0.2) is 5.69 Å². The lowest BCUT2D eigenvalue weighted by Crippen LogP contribution is -2.05. The summed E-state index contributed by atoms with van der Waals surface area (Å²) < 4.78 is 65.7. The molecular formula is C14H9F5N2O. The van der Waals surface area contributed by atoms with Crippen molar-refractivity contribution in [2.75, 3.05) is 0 Å². The molecule has 1 atom stereocenters. The predicted octanol–water partition coefficient (Wildman–Crippen LogP) is 3.96. The lowest BCUT2D eigenvalue weighted by Gasteiger charge is -2.06. The molecule has 1 fully saturated rings. The van der Waals surface area contributed by atoms with E-state index in [1.54, 1.807) is 0 Å². The maximum absolute atomic E-state index is 13.2. The third kappa shape index (κ3) is 2.49. The minimum atomic E-state index is -4.72. The third-order valence-corrected chi connectivity index (χ3v) is 3.46. The van der Waals surface area contributed by atoms with Crippen LogP contribution >= 0.6 is 0 Å². The summed E-state index contributed by atoms with van der Waals surface area (Å²) in [5, 5.41) is 0. The number of hydrogen-bond donors (Lipinski definition) is 0. The fourth-order valence-electron chi connectivity index (χ4n) is 2.19. The van der Waals surface area contributed by atoms with Crippen molar-refractivity contribution in [3.05, 3.63) is 41.7 Å². The molecule has 0 amide bonds. The van der Waals surface area contributed by atoms with Gasteiger partial charge >= 0.3 is 6.18 Å². The SMILES string of the molecule is O=Cc1ccc(-c2nc(C(F)(F)F)cn2C2CC2(F)F)cc1. The molecule has 1 aromatic heterocycles. The van der Waals surface area contributed by atoms with Crippen molar-refractivity contribution in [1.82, 2.24) is 9.55 Å². The highest BCUT2D eigenvalue weighted by atomic mass is 19.4. The number of nitrogens with zero attached hydrogens (tertiary/aromatic N) is 2. The van der Waals surface area contributed by atoms with Crippen LogP contribution in [0.2, 0.25) is 0 Å². The Kier molecular flexibility index (Phi) is 3.08. The second kappa shape index (κ2) is 4.62. The van der Waals surface area contributed by atoms with E-state index in [1.165, 1.54) is 24.3 Å². The maximum atomic E-state index is 13.2. The summed E-state index contributed by atoms with van der Waals surface area (Å²) in [6.45, 7) is 0. The number of alkyl halides is 5. The average Bonchev–Trinajstić information content (AvgIpc) is 2.88. The van der Waals surface area contributed by atoms with Gasteiger partial charge < -0.3 is 4.57 Å². The molecule has 1 aromatic carbocycles. The molecule has 3 nitrogen and oxygen atoms in total. The molecule has 0 N–H and O–H groups in total. The molecule has 1 unspecified atom stereocenters. The van der Waals surface area contributed by atoms with E-state index in [4.69, 9.17) is 0 Å². The van der Waals surface area contributed by atoms with Crippen molar-refractivity contribution in [3.63, 3.8) is 0 Å². The minimum absolute atomic E-state index is 0.188. The van der Waals surface area contributed by atoms with Gasteiger partial charge in [0.2, 0.25) is 0 Å². The van der Waals surface area contributed by atoms with Crippen LogP contribution in [0.1, 0.15) is 28.5 Å². The van der Waals surface area contributed by atoms with Gasteiger partial charge in [0.05, 0.1) is 0 Å². The van der Waals surface area contributed by atoms with Gasteiger partial charge in [-0.15, -0.1) is 0 Å². The van der Waals surface area contributed by atoms with Crippen molar-refractivity contribution in [2.24, 2.45) is 0 Å². The number of benzene rings is 1. The summed E-state index contributed by atoms with van der Waals surface area (Å²) in [5.41, 5.74) is -0.650. The maximum Gasteiger partial charge on any atom is 0.434 e. The molecular weight excluding hydrogens is 307 g/mol. The Labute approximate surface area is 121 Å². The average molecular weight is 316 g/mol. The second-order valence-corrected chi connectivity index (χ2v) is 5.08. The summed E-state index contributed by atoms with van der Waals surface area (Å²) in [5.74, 6) is -3.21. The molecule has 0 radical (unpaired) electrons. The zero-order valence-electron chi connectivity index (χ0n) is 10.9. The molecule has 22 heavy (non-hydrogen) atoms. The number of hydrogen-bond acceptors (Lipinski definition) is 2. The van der Waals surface area contributed by atoms with Crippen LogP contribution in [-0.4, -0.2) is 21.8 Å². The van der Waals surface area contributed by atoms with Gasteiger partial charge in [-0.3, -0.25) is 4.79 Å². The summed E-state index contributed by atoms with van der Waals surface area (Å²) in [6.07, 6.45) is -4.05. The van der Waals surface area contributed by atoms with E-state index in [1.807, 2.05) is 0 Å². The quantitative estimate of drug-likeness (QED) is 0.634. The lowest BCUT2D eigenvalue weighted by atomic mass is 10.1. The largest absolute Gasteiger partial charge is 0.434 e. The zero-order chi connectivity index (χ0) is 16.1. The predicted molar refractivity (Wildman–Crippen MR) is 66.7 cm³/mol. The molecule has 3 rings (SSSR count). The molecule has 8 heteroatoms. The van der Waals surface area contributed by atoms with Crippen LogP contribution in [0.5, 0.6) is 0 Å². The molecule has 0 saturated heterocycles. The summed E-state index contributed by atoms with van der Waals surface area (Å²) in [6, 6.07) is 4.21. The molecule has 0 bridgehead atoms. The standard InChI is InChI=1S/C14H9F5N2O/c15-13(16)5-11(13)21-6-10(14(17,18)19)20-12(21)9-3-1-8(7-22)2-4-9/h1-4,6-7,11H,5H2. The Morgan fingerprint density at radius 3 is 2.27 bits per heavy atom. The van der Waals surface area contributed by atoms with Crippen LogP contribution < -0.4 is 0 Å². The lowest BCUT2D eigenvalue weighted by molar-refractivity contribution is -0.140. The van der Waals surface area contributed by atoms with Gasteiger partial charge in [-0.25, -0.2) is 13.8 Å². The van der Waals surface area contributed by atoms with Crippen LogP contribution in [0.4, 0.5) is 22.0 Å². The molecule has 2 aromatic rings. The topological polar surface area (TPSA) is 34.9 Å². The van der Waals surface area contributed by atoms with Crippen LogP contribution in [0.25, 0.3) is 11.4 Å². The van der Waals surface area contributed by atoms with E-state index in [2.05, 4.69) is 4.98 Å². The highest BCUT2D eigenvalue weighted by Crippen LogP contribution is 2.54. The first-order chi connectivity index (χ1) is 10.2. The Morgan fingerprint density at radius 2 is 1.82 bits per heavy atom. The first kappa shape index (κ1) is 14.7. The van der Waals surface area contributed by atoms with Gasteiger partial charge in [-0.2, -0.15) is 13.2 Å². The number of rotatable bonds is 3. The monoisotopic (exact) mass is 316 g/mol. The highest BCUT2D eigenvalue weighted by molar-refractivity contribution is 5.76. The Hall–Kier alpha value is -2.25. The first-order valence-electron chi connectivity index (χ1n) is 6.32. The van der Waals surface area contributed by atoms with Gasteiger partial charge in [0, 0.05) is 23.7 Å². The van der Waals surface area contributed by atoms with Crippen LogP contribution in [0.15, 0.2) is 30.5 Å². The fraction of sp³-hybridized carbons (Fsp3) is 0.286. The van der Waals surface area contributed by atoms with E-state index >= 15 is 0 Å². The molecule has 1 aliphatic carbocycles. The van der Waals surface area contributed by atoms with E-state index < -0.39 is 30.3 Å². The van der Waals surface area contributed by atoms with Gasteiger partial charge in [-0.1, -0.05) is 24.3 Å². The van der Waals surface area contributed by atoms with Crippen molar-refractivity contribution in [1.29, 1.82) is 0 Å². The number of imidazole rings is 1. The van der Waals surface area contributed by atoms with Crippen LogP contribution in [0, 0.1) is 0 Å². The second-order valence-electron chi connectivity index (χ2n) is 5.08. The van der Waals surface area contributed by atoms with E-state index in [0.29, 0.717) is 18.0 Å². The normalized spacial score (nSPS) is 20.0. The number of aldehydes is 1. The van der Waals surface area contributed by atoms with E-state index in [9.17, 15) is 26.7 Å². The number of aromatic nitrogens is 2. The Balaban J connectivity index is 2.08. The number of carbonyl (C=O) groups excluding carboxylic acids is 1. The Morgan fingerprint density at radius 1 is 1.23 bits per heavy atom. The number of halogens is 5. The molecule has 1 saturated carbocycles. The Bertz CT molecular complexity index is 718. The van der Waals surface area contributed by atoms with Crippen molar-refractivity contribution < 1.29 is 26.7 Å². The van der Waals surface area contributed by atoms with Crippen molar-refractivity contribution in [2.45, 2.75) is 24.6 Å². The van der Waals surface area contributed by atoms with Gasteiger partial charge in [0.25, 0.3) is 5.92 Å². The third-order valence-electron chi connectivity index (χ3n) is 3.46. The molecule has 116 valence electrons. The summed E-state index contributed by atoms with van der Waals surface area (Å²) in [7, 11) is 0. The highest BCUT2D eigenvalue weighted by Gasteiger charge is 2.59. The summed E-state index contributed by atoms with van der Waals surface area (Å²) in [4.78, 5) is 14.0. The van der Waals surface area contributed by atoms with Crippen LogP contribution in [0.3, 0.4) is 0 Å². The van der Waals surface area contributed by atoms with Gasteiger partial charge in [0.1, 0.15) is 18.2 Å². The van der Waals surface area contributed by atoms with Crippen molar-refractivity contribution >= 4 is 6.29 Å². The zero-order valence-corrected chi connectivity index (χ0v) is 10.9. The molecule has 0 spiro atoms. The first-order valence-corrected chi connectivity index (χ1v) is 6.32. The molecule has 1 aliphatic rings. The molecule has 0 aliphatic heterocycles.